The number of nitrogens with two attached hydrogens (primary N) is 1. The van der Waals surface area contributed by atoms with Gasteiger partial charge in [-0.25, -0.2) is 4.39 Å². The van der Waals surface area contributed by atoms with E-state index >= 15 is 0 Å². The molecule has 2 N–H and O–H groups in total. The third-order valence-electron chi connectivity index (χ3n) is 1.79. The molecule has 5 heteroatoms. The van der Waals surface area contributed by atoms with E-state index in [9.17, 15) is 4.39 Å². The van der Waals surface area contributed by atoms with Gasteiger partial charge >= 0.3 is 0 Å². The van der Waals surface area contributed by atoms with Gasteiger partial charge in [-0.05, 0) is 18.2 Å². The average Bonchev–Trinajstić information content (AvgIpc) is 2.57. The zero-order chi connectivity index (χ0) is 10.1. The molecule has 0 aliphatic heterocycles. The number of aromatic nitrogens is 2. The highest BCUT2D eigenvalue weighted by atomic mass is 19.1. The molecule has 0 atom stereocenters. The number of nitrogen functional groups attached to an aromatic ring is 1. The van der Waals surface area contributed by atoms with Crippen LogP contribution in [0.4, 0.5) is 10.1 Å². The third kappa shape index (κ3) is 1.44. The van der Waals surface area contributed by atoms with Crippen molar-refractivity contribution in [2.75, 3.05) is 5.73 Å². The fraction of sp³-hybridized carbons (Fsp3) is 0.111. The highest BCUT2D eigenvalue weighted by Gasteiger charge is 2.07. The summed E-state index contributed by atoms with van der Waals surface area (Å²) in [6, 6.07) is 4.39. The van der Waals surface area contributed by atoms with Gasteiger partial charge < -0.3 is 10.3 Å². The molecule has 0 saturated heterocycles. The predicted molar refractivity (Wildman–Crippen MR) is 48.8 cm³/mol. The van der Waals surface area contributed by atoms with Crippen molar-refractivity contribution in [3.63, 3.8) is 0 Å². The normalized spacial score (nSPS) is 10.4. The first-order valence-corrected chi connectivity index (χ1v) is 4.02. The number of benzene rings is 1. The molecule has 14 heavy (non-hydrogen) atoms. The first-order chi connectivity index (χ1) is 6.66. The second-order valence-corrected chi connectivity index (χ2v) is 2.87. The summed E-state index contributed by atoms with van der Waals surface area (Å²) in [6.07, 6.45) is 0. The lowest BCUT2D eigenvalue weighted by Crippen LogP contribution is -1.91. The molecule has 0 bridgehead atoms. The van der Waals surface area contributed by atoms with Crippen LogP contribution in [0, 0.1) is 12.7 Å². The molecule has 1 heterocycles. The predicted octanol–water partition coefficient (Wildman–Crippen LogP) is 1.77. The molecule has 0 amide bonds. The number of hydrogen-bond donors (Lipinski definition) is 1. The smallest absolute Gasteiger partial charge is 0.223 e. The van der Waals surface area contributed by atoms with Gasteiger partial charge in [0.15, 0.2) is 0 Å². The SMILES string of the molecule is Cc1nc(-c2ccc(N)c(F)c2)no1. The lowest BCUT2D eigenvalue weighted by Gasteiger charge is -1.97. The van der Waals surface area contributed by atoms with Gasteiger partial charge in [0, 0.05) is 12.5 Å². The minimum absolute atomic E-state index is 0.106. The minimum atomic E-state index is -0.482. The van der Waals surface area contributed by atoms with Gasteiger partial charge in [-0.15, -0.1) is 0 Å². The van der Waals surface area contributed by atoms with Crippen LogP contribution in [0.15, 0.2) is 22.7 Å². The molecule has 72 valence electrons. The standard InChI is InChI=1S/C9H8FN3O/c1-5-12-9(13-14-5)6-2-3-8(11)7(10)4-6/h2-4H,11H2,1H3. The van der Waals surface area contributed by atoms with Gasteiger partial charge in [0.2, 0.25) is 11.7 Å². The Morgan fingerprint density at radius 2 is 2.21 bits per heavy atom. The molecule has 0 unspecified atom stereocenters. The largest absolute Gasteiger partial charge is 0.396 e. The van der Waals surface area contributed by atoms with Gasteiger partial charge in [0.1, 0.15) is 5.82 Å². The number of anilines is 1. The third-order valence-corrected chi connectivity index (χ3v) is 1.79. The first kappa shape index (κ1) is 8.68. The number of halogens is 1. The van der Waals surface area contributed by atoms with E-state index in [2.05, 4.69) is 10.1 Å². The minimum Gasteiger partial charge on any atom is -0.396 e. The lowest BCUT2D eigenvalue weighted by atomic mass is 10.2. The van der Waals surface area contributed by atoms with E-state index < -0.39 is 5.82 Å². The van der Waals surface area contributed by atoms with Crippen LogP contribution in [-0.2, 0) is 0 Å². The van der Waals surface area contributed by atoms with E-state index in [1.165, 1.54) is 12.1 Å². The van der Waals surface area contributed by atoms with Crippen molar-refractivity contribution in [1.29, 1.82) is 0 Å². The second kappa shape index (κ2) is 3.10. The van der Waals surface area contributed by atoms with Crippen LogP contribution in [0.5, 0.6) is 0 Å². The zero-order valence-electron chi connectivity index (χ0n) is 7.49. The maximum Gasteiger partial charge on any atom is 0.223 e. The number of nitrogens with zero attached hydrogens (tertiary/aromatic N) is 2. The van der Waals surface area contributed by atoms with Crippen LogP contribution in [0.2, 0.25) is 0 Å². The molecular weight excluding hydrogens is 185 g/mol. The van der Waals surface area contributed by atoms with Crippen LogP contribution in [0.3, 0.4) is 0 Å². The summed E-state index contributed by atoms with van der Waals surface area (Å²) in [5.41, 5.74) is 5.99. The van der Waals surface area contributed by atoms with Crippen molar-refractivity contribution in [3.8, 4) is 11.4 Å². The number of aryl methyl sites for hydroxylation is 1. The Balaban J connectivity index is 2.47. The molecule has 4 nitrogen and oxygen atoms in total. The molecule has 0 spiro atoms. The second-order valence-electron chi connectivity index (χ2n) is 2.87. The number of hydrogen-bond acceptors (Lipinski definition) is 4. The Morgan fingerprint density at radius 1 is 1.43 bits per heavy atom. The maximum atomic E-state index is 13.1. The van der Waals surface area contributed by atoms with Crippen molar-refractivity contribution in [2.45, 2.75) is 6.92 Å². The van der Waals surface area contributed by atoms with Crippen molar-refractivity contribution in [3.05, 3.63) is 29.9 Å². The van der Waals surface area contributed by atoms with E-state index in [1.54, 1.807) is 13.0 Å². The Labute approximate surface area is 79.5 Å². The van der Waals surface area contributed by atoms with Gasteiger partial charge in [0.05, 0.1) is 5.69 Å². The van der Waals surface area contributed by atoms with Crippen LogP contribution < -0.4 is 5.73 Å². The summed E-state index contributed by atoms with van der Waals surface area (Å²) in [5.74, 6) is 0.323. The van der Waals surface area contributed by atoms with Gasteiger partial charge in [-0.2, -0.15) is 4.98 Å². The average molecular weight is 193 g/mol. The molecule has 0 aliphatic carbocycles. The summed E-state index contributed by atoms with van der Waals surface area (Å²) in [5, 5.41) is 3.66. The zero-order valence-corrected chi connectivity index (χ0v) is 7.49. The topological polar surface area (TPSA) is 64.9 Å². The number of rotatable bonds is 1. The summed E-state index contributed by atoms with van der Waals surface area (Å²) >= 11 is 0. The molecule has 1 aromatic carbocycles. The fourth-order valence-corrected chi connectivity index (χ4v) is 1.08. The Kier molecular flexibility index (Phi) is 1.92. The Bertz CT molecular complexity index is 467. The maximum absolute atomic E-state index is 13.1. The van der Waals surface area contributed by atoms with E-state index in [1.807, 2.05) is 0 Å². The van der Waals surface area contributed by atoms with E-state index in [0.717, 1.165) is 0 Å². The molecule has 0 fully saturated rings. The lowest BCUT2D eigenvalue weighted by molar-refractivity contribution is 0.394. The van der Waals surface area contributed by atoms with E-state index in [0.29, 0.717) is 17.3 Å². The summed E-state index contributed by atoms with van der Waals surface area (Å²) in [6.45, 7) is 1.67. The molecule has 2 rings (SSSR count). The van der Waals surface area contributed by atoms with Gasteiger partial charge in [-0.3, -0.25) is 0 Å². The van der Waals surface area contributed by atoms with Crippen LogP contribution in [0.1, 0.15) is 5.89 Å². The Morgan fingerprint density at radius 3 is 2.79 bits per heavy atom. The highest BCUT2D eigenvalue weighted by molar-refractivity contribution is 5.58. The highest BCUT2D eigenvalue weighted by Crippen LogP contribution is 2.19. The van der Waals surface area contributed by atoms with E-state index in [4.69, 9.17) is 10.3 Å². The van der Waals surface area contributed by atoms with Gasteiger partial charge in [-0.1, -0.05) is 5.16 Å². The molecule has 0 saturated carbocycles. The van der Waals surface area contributed by atoms with Crippen molar-refractivity contribution < 1.29 is 8.91 Å². The molecule has 0 radical (unpaired) electrons. The molecular formula is C9H8FN3O. The van der Waals surface area contributed by atoms with Crippen LogP contribution >= 0.6 is 0 Å². The van der Waals surface area contributed by atoms with Crippen LogP contribution in [-0.4, -0.2) is 10.1 Å². The monoisotopic (exact) mass is 193 g/mol. The molecule has 0 aliphatic rings. The summed E-state index contributed by atoms with van der Waals surface area (Å²) < 4.78 is 17.8. The fourth-order valence-electron chi connectivity index (χ4n) is 1.08. The summed E-state index contributed by atoms with van der Waals surface area (Å²) in [7, 11) is 0. The quantitative estimate of drug-likeness (QED) is 0.701. The van der Waals surface area contributed by atoms with E-state index in [-0.39, 0.29) is 5.69 Å². The molecule has 1 aromatic heterocycles. The summed E-state index contributed by atoms with van der Waals surface area (Å²) in [4.78, 5) is 3.97. The first-order valence-electron chi connectivity index (χ1n) is 4.02. The molecule has 2 aromatic rings. The van der Waals surface area contributed by atoms with Crippen molar-refractivity contribution >= 4 is 5.69 Å². The van der Waals surface area contributed by atoms with Gasteiger partial charge in [0.25, 0.3) is 0 Å². The Hall–Kier alpha value is -1.91. The van der Waals surface area contributed by atoms with Crippen LogP contribution in [0.25, 0.3) is 11.4 Å². The van der Waals surface area contributed by atoms with Crippen molar-refractivity contribution in [1.82, 2.24) is 10.1 Å². The van der Waals surface area contributed by atoms with Crippen molar-refractivity contribution in [2.24, 2.45) is 0 Å².